The highest BCUT2D eigenvalue weighted by atomic mass is 14.9. The molecule has 1 saturated heterocycles. The summed E-state index contributed by atoms with van der Waals surface area (Å²) in [5.74, 6) is 1.35. The molecule has 1 aromatic carbocycles. The van der Waals surface area contributed by atoms with Gasteiger partial charge in [0, 0.05) is 12.6 Å². The minimum Gasteiger partial charge on any atom is -0.313 e. The second-order valence-corrected chi connectivity index (χ2v) is 5.57. The zero-order chi connectivity index (χ0) is 12.3. The molecule has 2 atom stereocenters. The largest absolute Gasteiger partial charge is 0.313 e. The van der Waals surface area contributed by atoms with Crippen molar-refractivity contribution >= 4 is 0 Å². The molecule has 0 aliphatic carbocycles. The third kappa shape index (κ3) is 2.90. The molecule has 0 spiro atoms. The fourth-order valence-electron chi connectivity index (χ4n) is 2.94. The van der Waals surface area contributed by atoms with Gasteiger partial charge in [0.25, 0.3) is 0 Å². The third-order valence-corrected chi connectivity index (χ3v) is 4.07. The van der Waals surface area contributed by atoms with Crippen LogP contribution in [0.3, 0.4) is 0 Å². The quantitative estimate of drug-likeness (QED) is 0.827. The average Bonchev–Trinajstić information content (AvgIpc) is 2.39. The van der Waals surface area contributed by atoms with Crippen LogP contribution in [0.25, 0.3) is 0 Å². The van der Waals surface area contributed by atoms with Gasteiger partial charge in [-0.2, -0.15) is 0 Å². The maximum atomic E-state index is 3.68. The molecule has 1 N–H and O–H groups in total. The Morgan fingerprint density at radius 1 is 1.24 bits per heavy atom. The molecule has 0 saturated carbocycles. The summed E-state index contributed by atoms with van der Waals surface area (Å²) in [6.07, 6.45) is 3.93. The Balaban J connectivity index is 2.13. The first-order valence-electron chi connectivity index (χ1n) is 7.04. The third-order valence-electron chi connectivity index (χ3n) is 4.07. The van der Waals surface area contributed by atoms with E-state index in [0.29, 0.717) is 5.92 Å². The van der Waals surface area contributed by atoms with Crippen molar-refractivity contribution in [3.05, 3.63) is 35.4 Å². The summed E-state index contributed by atoms with van der Waals surface area (Å²) in [5.41, 5.74) is 3.11. The highest BCUT2D eigenvalue weighted by molar-refractivity contribution is 5.33. The number of piperidine rings is 1. The van der Waals surface area contributed by atoms with E-state index in [1.54, 1.807) is 5.56 Å². The Labute approximate surface area is 106 Å². The molecule has 1 fully saturated rings. The van der Waals surface area contributed by atoms with Crippen molar-refractivity contribution in [2.75, 3.05) is 6.54 Å². The van der Waals surface area contributed by atoms with Gasteiger partial charge in [-0.15, -0.1) is 0 Å². The SMILES string of the molecule is CCC1CCC(c2ccccc2C(C)C)CN1. The molecule has 1 aliphatic heterocycles. The zero-order valence-electron chi connectivity index (χ0n) is 11.4. The number of benzene rings is 1. The monoisotopic (exact) mass is 231 g/mol. The lowest BCUT2D eigenvalue weighted by Gasteiger charge is -2.31. The Bertz CT molecular complexity index is 348. The molecular formula is C16H25N. The Kier molecular flexibility index (Phi) is 4.22. The molecule has 94 valence electrons. The normalized spacial score (nSPS) is 25.2. The van der Waals surface area contributed by atoms with Crippen molar-refractivity contribution in [1.82, 2.24) is 5.32 Å². The lowest BCUT2D eigenvalue weighted by atomic mass is 9.83. The van der Waals surface area contributed by atoms with Crippen molar-refractivity contribution in [1.29, 1.82) is 0 Å². The Morgan fingerprint density at radius 2 is 2.00 bits per heavy atom. The van der Waals surface area contributed by atoms with Crippen LogP contribution in [0.15, 0.2) is 24.3 Å². The van der Waals surface area contributed by atoms with E-state index in [1.807, 2.05) is 0 Å². The van der Waals surface area contributed by atoms with Crippen LogP contribution >= 0.6 is 0 Å². The van der Waals surface area contributed by atoms with Gasteiger partial charge in [0.15, 0.2) is 0 Å². The predicted octanol–water partition coefficient (Wildman–Crippen LogP) is 4.06. The Hall–Kier alpha value is -0.820. The molecule has 0 bridgehead atoms. The van der Waals surface area contributed by atoms with E-state index in [2.05, 4.69) is 50.4 Å². The number of hydrogen-bond acceptors (Lipinski definition) is 1. The fraction of sp³-hybridized carbons (Fsp3) is 0.625. The van der Waals surface area contributed by atoms with E-state index in [1.165, 1.54) is 24.8 Å². The second-order valence-electron chi connectivity index (χ2n) is 5.57. The fourth-order valence-corrected chi connectivity index (χ4v) is 2.94. The molecule has 0 aromatic heterocycles. The van der Waals surface area contributed by atoms with Gasteiger partial charge in [-0.25, -0.2) is 0 Å². The van der Waals surface area contributed by atoms with E-state index < -0.39 is 0 Å². The summed E-state index contributed by atoms with van der Waals surface area (Å²) in [7, 11) is 0. The molecule has 1 nitrogen and oxygen atoms in total. The van der Waals surface area contributed by atoms with Crippen LogP contribution in [0.5, 0.6) is 0 Å². The molecular weight excluding hydrogens is 206 g/mol. The molecule has 0 amide bonds. The van der Waals surface area contributed by atoms with Crippen molar-refractivity contribution in [2.45, 2.75) is 57.9 Å². The molecule has 1 aromatic rings. The van der Waals surface area contributed by atoms with Gasteiger partial charge < -0.3 is 5.32 Å². The van der Waals surface area contributed by atoms with E-state index in [-0.39, 0.29) is 0 Å². The van der Waals surface area contributed by atoms with Crippen LogP contribution in [0.2, 0.25) is 0 Å². The number of nitrogens with one attached hydrogen (secondary N) is 1. The van der Waals surface area contributed by atoms with Crippen molar-refractivity contribution < 1.29 is 0 Å². The number of rotatable bonds is 3. The highest BCUT2D eigenvalue weighted by Crippen LogP contribution is 2.31. The van der Waals surface area contributed by atoms with Gasteiger partial charge in [-0.3, -0.25) is 0 Å². The molecule has 1 heterocycles. The molecule has 17 heavy (non-hydrogen) atoms. The summed E-state index contributed by atoms with van der Waals surface area (Å²) >= 11 is 0. The molecule has 1 heteroatoms. The summed E-state index contributed by atoms with van der Waals surface area (Å²) < 4.78 is 0. The van der Waals surface area contributed by atoms with Crippen LogP contribution in [-0.4, -0.2) is 12.6 Å². The van der Waals surface area contributed by atoms with Gasteiger partial charge >= 0.3 is 0 Å². The van der Waals surface area contributed by atoms with Gasteiger partial charge in [0.1, 0.15) is 0 Å². The molecule has 2 rings (SSSR count). The minimum absolute atomic E-state index is 0.634. The van der Waals surface area contributed by atoms with E-state index >= 15 is 0 Å². The van der Waals surface area contributed by atoms with Crippen molar-refractivity contribution in [3.63, 3.8) is 0 Å². The maximum absolute atomic E-state index is 3.68. The van der Waals surface area contributed by atoms with Gasteiger partial charge in [0.2, 0.25) is 0 Å². The highest BCUT2D eigenvalue weighted by Gasteiger charge is 2.22. The summed E-state index contributed by atoms with van der Waals surface area (Å²) in [5, 5.41) is 3.68. The summed E-state index contributed by atoms with van der Waals surface area (Å²) in [4.78, 5) is 0. The average molecular weight is 231 g/mol. The first-order valence-corrected chi connectivity index (χ1v) is 7.04. The van der Waals surface area contributed by atoms with Crippen LogP contribution in [0.1, 0.15) is 63.0 Å². The zero-order valence-corrected chi connectivity index (χ0v) is 11.4. The van der Waals surface area contributed by atoms with Crippen LogP contribution in [0, 0.1) is 0 Å². The first-order chi connectivity index (χ1) is 8.22. The van der Waals surface area contributed by atoms with Gasteiger partial charge in [0.05, 0.1) is 0 Å². The topological polar surface area (TPSA) is 12.0 Å². The lowest BCUT2D eigenvalue weighted by Crippen LogP contribution is -2.37. The van der Waals surface area contributed by atoms with Gasteiger partial charge in [-0.1, -0.05) is 45.0 Å². The Morgan fingerprint density at radius 3 is 2.59 bits per heavy atom. The molecule has 0 radical (unpaired) electrons. The lowest BCUT2D eigenvalue weighted by molar-refractivity contribution is 0.358. The van der Waals surface area contributed by atoms with E-state index in [4.69, 9.17) is 0 Å². The first kappa shape index (κ1) is 12.6. The molecule has 1 aliphatic rings. The van der Waals surface area contributed by atoms with Crippen molar-refractivity contribution in [3.8, 4) is 0 Å². The molecule has 2 unspecified atom stereocenters. The number of hydrogen-bond donors (Lipinski definition) is 1. The smallest absolute Gasteiger partial charge is 0.00649 e. The standard InChI is InChI=1S/C16H25N/c1-4-14-10-9-13(11-17-14)16-8-6-5-7-15(16)12(2)3/h5-8,12-14,17H,4,9-11H2,1-3H3. The van der Waals surface area contributed by atoms with Crippen LogP contribution in [-0.2, 0) is 0 Å². The maximum Gasteiger partial charge on any atom is 0.00649 e. The predicted molar refractivity (Wildman–Crippen MR) is 74.6 cm³/mol. The van der Waals surface area contributed by atoms with Crippen molar-refractivity contribution in [2.24, 2.45) is 0 Å². The summed E-state index contributed by atoms with van der Waals surface area (Å²) in [6.45, 7) is 8.02. The van der Waals surface area contributed by atoms with Gasteiger partial charge in [-0.05, 0) is 42.2 Å². The van der Waals surface area contributed by atoms with Crippen LogP contribution in [0.4, 0.5) is 0 Å². The minimum atomic E-state index is 0.634. The van der Waals surface area contributed by atoms with Crippen LogP contribution < -0.4 is 5.32 Å². The van der Waals surface area contributed by atoms with E-state index in [0.717, 1.165) is 18.5 Å². The summed E-state index contributed by atoms with van der Waals surface area (Å²) in [6, 6.07) is 9.73. The van der Waals surface area contributed by atoms with E-state index in [9.17, 15) is 0 Å². The second kappa shape index (κ2) is 5.68.